The van der Waals surface area contributed by atoms with Crippen LogP contribution in [-0.4, -0.2) is 19.7 Å². The highest BCUT2D eigenvalue weighted by molar-refractivity contribution is 5.04. The van der Waals surface area contributed by atoms with E-state index in [-0.39, 0.29) is 0 Å². The van der Waals surface area contributed by atoms with Gasteiger partial charge in [0.15, 0.2) is 0 Å². The maximum atomic E-state index is 5.66. The summed E-state index contributed by atoms with van der Waals surface area (Å²) in [6.07, 6.45) is 9.72. The van der Waals surface area contributed by atoms with Crippen LogP contribution in [0.4, 0.5) is 0 Å². The molecule has 0 aromatic rings. The molecule has 0 saturated carbocycles. The van der Waals surface area contributed by atoms with Gasteiger partial charge in [0.05, 0.1) is 12.6 Å². The number of ether oxygens (including phenoxy) is 1. The molecule has 1 atom stereocenters. The van der Waals surface area contributed by atoms with Crippen LogP contribution in [0.2, 0.25) is 0 Å². The van der Waals surface area contributed by atoms with Gasteiger partial charge in [-0.1, -0.05) is 26.2 Å². The van der Waals surface area contributed by atoms with E-state index in [1.807, 2.05) is 7.05 Å². The van der Waals surface area contributed by atoms with E-state index in [1.165, 1.54) is 44.3 Å². The molecule has 2 heteroatoms. The minimum atomic E-state index is 0.446. The van der Waals surface area contributed by atoms with Gasteiger partial charge >= 0.3 is 0 Å². The number of unbranched alkanes of at least 4 members (excludes halogenated alkanes) is 2. The summed E-state index contributed by atoms with van der Waals surface area (Å²) in [6, 6.07) is 0.446. The highest BCUT2D eigenvalue weighted by atomic mass is 16.5. The summed E-state index contributed by atoms with van der Waals surface area (Å²) in [5.74, 6) is 1.18. The number of rotatable bonds is 6. The van der Waals surface area contributed by atoms with Gasteiger partial charge in [-0.3, -0.25) is 0 Å². The van der Waals surface area contributed by atoms with Crippen LogP contribution in [0.5, 0.6) is 0 Å². The third-order valence-corrected chi connectivity index (χ3v) is 2.75. The molecule has 1 rings (SSSR count). The van der Waals surface area contributed by atoms with Gasteiger partial charge in [-0.25, -0.2) is 0 Å². The lowest BCUT2D eigenvalue weighted by Crippen LogP contribution is -2.29. The zero-order chi connectivity index (χ0) is 10.2. The maximum absolute atomic E-state index is 5.66. The first kappa shape index (κ1) is 11.6. The summed E-state index contributed by atoms with van der Waals surface area (Å²) >= 11 is 0. The Morgan fingerprint density at radius 3 is 2.93 bits per heavy atom. The lowest BCUT2D eigenvalue weighted by molar-refractivity contribution is 0.166. The first-order valence-electron chi connectivity index (χ1n) is 5.88. The van der Waals surface area contributed by atoms with Gasteiger partial charge in [0, 0.05) is 0 Å². The molecule has 0 bridgehead atoms. The van der Waals surface area contributed by atoms with Crippen molar-refractivity contribution in [3.8, 4) is 0 Å². The molecule has 1 aliphatic heterocycles. The number of hydrogen-bond donors (Lipinski definition) is 1. The molecule has 0 aromatic carbocycles. The van der Waals surface area contributed by atoms with Crippen molar-refractivity contribution in [2.45, 2.75) is 51.5 Å². The fraction of sp³-hybridized carbons (Fsp3) is 0.833. The molecule has 0 aromatic heterocycles. The summed E-state index contributed by atoms with van der Waals surface area (Å²) in [6.45, 7) is 3.14. The third kappa shape index (κ3) is 3.70. The van der Waals surface area contributed by atoms with Gasteiger partial charge < -0.3 is 10.1 Å². The van der Waals surface area contributed by atoms with Crippen molar-refractivity contribution in [3.05, 3.63) is 11.8 Å². The van der Waals surface area contributed by atoms with Crippen molar-refractivity contribution < 1.29 is 4.74 Å². The topological polar surface area (TPSA) is 21.3 Å². The third-order valence-electron chi connectivity index (χ3n) is 2.75. The van der Waals surface area contributed by atoms with E-state index in [2.05, 4.69) is 18.3 Å². The lowest BCUT2D eigenvalue weighted by atomic mass is 10.0. The monoisotopic (exact) mass is 197 g/mol. The zero-order valence-corrected chi connectivity index (χ0v) is 9.51. The Hall–Kier alpha value is -0.500. The normalized spacial score (nSPS) is 18.6. The van der Waals surface area contributed by atoms with E-state index in [9.17, 15) is 0 Å². The van der Waals surface area contributed by atoms with E-state index in [1.54, 1.807) is 0 Å². The highest BCUT2D eigenvalue weighted by Gasteiger charge is 2.14. The van der Waals surface area contributed by atoms with Gasteiger partial charge in [0.25, 0.3) is 0 Å². The van der Waals surface area contributed by atoms with Crippen LogP contribution in [-0.2, 0) is 4.74 Å². The van der Waals surface area contributed by atoms with E-state index in [0.717, 1.165) is 6.61 Å². The van der Waals surface area contributed by atoms with Crippen molar-refractivity contribution >= 4 is 0 Å². The summed E-state index contributed by atoms with van der Waals surface area (Å²) in [5, 5.41) is 3.34. The van der Waals surface area contributed by atoms with Crippen LogP contribution >= 0.6 is 0 Å². The molecule has 0 spiro atoms. The standard InChI is InChI=1S/C12H23NO/c1-3-4-5-8-11(13-2)12-9-6-7-10-14-12/h9,11,13H,3-8,10H2,1-2H3. The predicted molar refractivity (Wildman–Crippen MR) is 60.3 cm³/mol. The second-order valence-electron chi connectivity index (χ2n) is 3.93. The molecule has 0 amide bonds. The Balaban J connectivity index is 2.32. The fourth-order valence-corrected chi connectivity index (χ4v) is 1.85. The Kier molecular flexibility index (Phi) is 5.69. The Bertz CT molecular complexity index is 177. The zero-order valence-electron chi connectivity index (χ0n) is 9.51. The molecule has 0 radical (unpaired) electrons. The smallest absolute Gasteiger partial charge is 0.109 e. The molecule has 14 heavy (non-hydrogen) atoms. The second-order valence-corrected chi connectivity index (χ2v) is 3.93. The van der Waals surface area contributed by atoms with E-state index in [4.69, 9.17) is 4.74 Å². The number of likely N-dealkylation sites (N-methyl/N-ethyl adjacent to an activating group) is 1. The molecular formula is C12H23NO. The maximum Gasteiger partial charge on any atom is 0.109 e. The molecule has 2 nitrogen and oxygen atoms in total. The number of nitrogens with one attached hydrogen (secondary N) is 1. The van der Waals surface area contributed by atoms with Crippen molar-refractivity contribution in [1.82, 2.24) is 5.32 Å². The molecule has 0 fully saturated rings. The van der Waals surface area contributed by atoms with Crippen molar-refractivity contribution in [1.29, 1.82) is 0 Å². The molecule has 1 aliphatic rings. The molecule has 1 N–H and O–H groups in total. The molecular weight excluding hydrogens is 174 g/mol. The summed E-state index contributed by atoms with van der Waals surface area (Å²) in [4.78, 5) is 0. The van der Waals surface area contributed by atoms with E-state index < -0.39 is 0 Å². The van der Waals surface area contributed by atoms with Crippen LogP contribution in [0.3, 0.4) is 0 Å². The van der Waals surface area contributed by atoms with Crippen molar-refractivity contribution in [3.63, 3.8) is 0 Å². The van der Waals surface area contributed by atoms with Crippen LogP contribution in [0, 0.1) is 0 Å². The fourth-order valence-electron chi connectivity index (χ4n) is 1.85. The summed E-state index contributed by atoms with van der Waals surface area (Å²) in [7, 11) is 2.02. The molecule has 82 valence electrons. The molecule has 0 aliphatic carbocycles. The Morgan fingerprint density at radius 1 is 1.50 bits per heavy atom. The molecule has 1 heterocycles. The van der Waals surface area contributed by atoms with Crippen LogP contribution in [0.25, 0.3) is 0 Å². The molecule has 1 unspecified atom stereocenters. The Labute approximate surface area is 87.7 Å². The molecule has 0 saturated heterocycles. The second kappa shape index (κ2) is 6.88. The van der Waals surface area contributed by atoms with Crippen molar-refractivity contribution in [2.75, 3.05) is 13.7 Å². The number of allylic oxidation sites excluding steroid dienone is 1. The van der Waals surface area contributed by atoms with Gasteiger partial charge in [0.1, 0.15) is 5.76 Å². The minimum absolute atomic E-state index is 0.446. The Morgan fingerprint density at radius 2 is 2.36 bits per heavy atom. The quantitative estimate of drug-likeness (QED) is 0.661. The van der Waals surface area contributed by atoms with Gasteiger partial charge in [-0.2, -0.15) is 0 Å². The minimum Gasteiger partial charge on any atom is -0.497 e. The van der Waals surface area contributed by atoms with Gasteiger partial charge in [0.2, 0.25) is 0 Å². The van der Waals surface area contributed by atoms with E-state index >= 15 is 0 Å². The van der Waals surface area contributed by atoms with Gasteiger partial charge in [-0.05, 0) is 32.4 Å². The average molecular weight is 197 g/mol. The number of hydrogen-bond acceptors (Lipinski definition) is 2. The van der Waals surface area contributed by atoms with Crippen LogP contribution < -0.4 is 5.32 Å². The predicted octanol–water partition coefficient (Wildman–Crippen LogP) is 2.85. The first-order chi connectivity index (χ1) is 6.88. The lowest BCUT2D eigenvalue weighted by Gasteiger charge is -2.23. The average Bonchev–Trinajstić information content (AvgIpc) is 2.26. The largest absolute Gasteiger partial charge is 0.497 e. The van der Waals surface area contributed by atoms with Gasteiger partial charge in [-0.15, -0.1) is 0 Å². The van der Waals surface area contributed by atoms with Crippen LogP contribution in [0.1, 0.15) is 45.4 Å². The van der Waals surface area contributed by atoms with Crippen molar-refractivity contribution in [2.24, 2.45) is 0 Å². The summed E-state index contributed by atoms with van der Waals surface area (Å²) < 4.78 is 5.66. The highest BCUT2D eigenvalue weighted by Crippen LogP contribution is 2.17. The first-order valence-corrected chi connectivity index (χ1v) is 5.88. The summed E-state index contributed by atoms with van der Waals surface area (Å²) in [5.41, 5.74) is 0. The SMILES string of the molecule is CCCCCC(NC)C1=CCCCO1. The van der Waals surface area contributed by atoms with Crippen LogP contribution in [0.15, 0.2) is 11.8 Å². The van der Waals surface area contributed by atoms with E-state index in [0.29, 0.717) is 6.04 Å².